The number of esters is 2. The number of ketones is 2. The molecule has 0 N–H and O–H groups in total. The van der Waals surface area contributed by atoms with E-state index in [4.69, 9.17) is 14.2 Å². The minimum Gasteiger partial charge on any atom is -0.469 e. The Morgan fingerprint density at radius 2 is 1.87 bits per heavy atom. The van der Waals surface area contributed by atoms with Gasteiger partial charge in [-0.05, 0) is 43.9 Å². The van der Waals surface area contributed by atoms with Gasteiger partial charge in [0.05, 0.1) is 19.1 Å². The van der Waals surface area contributed by atoms with Crippen LogP contribution in [0.15, 0.2) is 0 Å². The van der Waals surface area contributed by atoms with Crippen LogP contribution >= 0.6 is 0 Å². The Balaban J connectivity index is 1.47. The number of Topliss-reactive ketones (excluding diaryl/α,β-unsaturated/α-hetero) is 2. The van der Waals surface area contributed by atoms with Gasteiger partial charge in [-0.3, -0.25) is 19.2 Å². The van der Waals surface area contributed by atoms with E-state index in [0.717, 1.165) is 25.7 Å². The molecule has 2 saturated heterocycles. The number of methoxy groups -OCH3 is 1. The highest BCUT2D eigenvalue weighted by Gasteiger charge is 2.84. The first kappa shape index (κ1) is 19.9. The predicted octanol–water partition coefficient (Wildman–Crippen LogP) is 2.38. The second kappa shape index (κ2) is 5.77. The molecule has 9 atom stereocenters. The molecule has 6 fully saturated rings. The lowest BCUT2D eigenvalue weighted by Crippen LogP contribution is -2.66. The fraction of sp³-hybridized carbons (Fsp3) is 0.833. The Morgan fingerprint density at radius 1 is 1.10 bits per heavy atom. The maximum Gasteiger partial charge on any atom is 0.309 e. The first-order valence-corrected chi connectivity index (χ1v) is 11.7. The molecule has 0 bridgehead atoms. The van der Waals surface area contributed by atoms with Crippen molar-refractivity contribution in [1.82, 2.24) is 0 Å². The minimum absolute atomic E-state index is 0.0629. The summed E-state index contributed by atoms with van der Waals surface area (Å²) in [6.45, 7) is 4.32. The average molecular weight is 430 g/mol. The number of ether oxygens (including phenoxy) is 3. The molecule has 0 amide bonds. The van der Waals surface area contributed by atoms with Gasteiger partial charge in [-0.1, -0.05) is 13.8 Å². The van der Waals surface area contributed by atoms with Crippen LogP contribution in [0.5, 0.6) is 0 Å². The Hall–Kier alpha value is -1.76. The van der Waals surface area contributed by atoms with Gasteiger partial charge in [0, 0.05) is 36.0 Å². The second-order valence-electron chi connectivity index (χ2n) is 11.4. The summed E-state index contributed by atoms with van der Waals surface area (Å²) in [5, 5.41) is 0. The van der Waals surface area contributed by atoms with Gasteiger partial charge >= 0.3 is 11.9 Å². The van der Waals surface area contributed by atoms with Gasteiger partial charge < -0.3 is 14.2 Å². The predicted molar refractivity (Wildman–Crippen MR) is 106 cm³/mol. The Kier molecular flexibility index (Phi) is 3.70. The van der Waals surface area contributed by atoms with Gasteiger partial charge in [0.15, 0.2) is 11.6 Å². The largest absolute Gasteiger partial charge is 0.469 e. The van der Waals surface area contributed by atoms with Crippen molar-refractivity contribution in [2.45, 2.75) is 82.5 Å². The number of rotatable bonds is 1. The third-order valence-electron chi connectivity index (χ3n) is 10.6. The SMILES string of the molecule is COC(=O)[C@@H]1CC2CC(=O)C(=O)C[C@]2(C)[C@@]23O[C@@H]2C[C@@]2(C)C(CC[C@@]24CCC(=O)O4)C13. The maximum atomic E-state index is 13.0. The number of hydrogen-bond acceptors (Lipinski definition) is 7. The van der Waals surface area contributed by atoms with Crippen molar-refractivity contribution in [3.63, 3.8) is 0 Å². The van der Waals surface area contributed by atoms with E-state index in [1.807, 2.05) is 0 Å². The molecule has 7 nitrogen and oxygen atoms in total. The maximum absolute atomic E-state index is 13.0. The van der Waals surface area contributed by atoms with Crippen LogP contribution in [0.1, 0.15) is 65.2 Å². The van der Waals surface area contributed by atoms with Crippen LogP contribution in [0.4, 0.5) is 0 Å². The number of epoxide rings is 1. The molecule has 4 aliphatic carbocycles. The molecule has 7 heteroatoms. The minimum atomic E-state index is -0.580. The molecule has 0 aromatic rings. The standard InChI is InChI=1S/C24H30O7/c1-21-10-16(26)15(25)9-12(21)8-13(20(28)29-3)19-14-4-6-23(7-5-18(27)31-23)22(14,2)11-17-24(19,21)30-17/h12-14,17,19H,4-11H2,1-3H3/t12?,13-,14?,17-,19?,21+,22+,23-,24-/m1/s1. The van der Waals surface area contributed by atoms with Crippen molar-refractivity contribution in [1.29, 1.82) is 0 Å². The topological polar surface area (TPSA) is 99.3 Å². The summed E-state index contributed by atoms with van der Waals surface area (Å²) >= 11 is 0. The fourth-order valence-electron chi connectivity index (χ4n) is 9.07. The van der Waals surface area contributed by atoms with Crippen LogP contribution in [0, 0.1) is 34.5 Å². The summed E-state index contributed by atoms with van der Waals surface area (Å²) in [7, 11) is 1.42. The van der Waals surface area contributed by atoms with Crippen molar-refractivity contribution in [3.05, 3.63) is 0 Å². The van der Waals surface area contributed by atoms with Crippen molar-refractivity contribution in [2.75, 3.05) is 7.11 Å². The van der Waals surface area contributed by atoms with Crippen LogP contribution in [0.2, 0.25) is 0 Å². The molecule has 2 spiro atoms. The van der Waals surface area contributed by atoms with E-state index in [1.54, 1.807) is 0 Å². The molecule has 2 aliphatic heterocycles. The fourth-order valence-corrected chi connectivity index (χ4v) is 9.07. The highest BCUT2D eigenvalue weighted by molar-refractivity contribution is 6.38. The summed E-state index contributed by atoms with van der Waals surface area (Å²) in [6.07, 6.45) is 4.45. The molecule has 168 valence electrons. The molecule has 2 heterocycles. The van der Waals surface area contributed by atoms with Gasteiger partial charge in [-0.25, -0.2) is 0 Å². The first-order chi connectivity index (χ1) is 14.6. The average Bonchev–Trinajstić information content (AvgIpc) is 3.21. The van der Waals surface area contributed by atoms with Gasteiger partial charge in [-0.15, -0.1) is 0 Å². The Bertz CT molecular complexity index is 927. The van der Waals surface area contributed by atoms with Crippen LogP contribution in [0.3, 0.4) is 0 Å². The van der Waals surface area contributed by atoms with E-state index in [-0.39, 0.29) is 71.5 Å². The lowest BCUT2D eigenvalue weighted by Gasteiger charge is -2.60. The van der Waals surface area contributed by atoms with Gasteiger partial charge in [-0.2, -0.15) is 0 Å². The van der Waals surface area contributed by atoms with Crippen LogP contribution < -0.4 is 0 Å². The zero-order chi connectivity index (χ0) is 22.0. The van der Waals surface area contributed by atoms with Crippen molar-refractivity contribution >= 4 is 23.5 Å². The van der Waals surface area contributed by atoms with E-state index < -0.39 is 16.6 Å². The molecule has 6 rings (SSSR count). The molecule has 4 saturated carbocycles. The van der Waals surface area contributed by atoms with Crippen LogP contribution in [-0.4, -0.2) is 47.9 Å². The zero-order valence-corrected chi connectivity index (χ0v) is 18.4. The molecule has 0 aromatic carbocycles. The Morgan fingerprint density at radius 3 is 2.55 bits per heavy atom. The van der Waals surface area contributed by atoms with Crippen molar-refractivity contribution in [3.8, 4) is 0 Å². The number of carbonyl (C=O) groups excluding carboxylic acids is 4. The molecular weight excluding hydrogens is 400 g/mol. The molecule has 0 aromatic heterocycles. The van der Waals surface area contributed by atoms with E-state index in [2.05, 4.69) is 13.8 Å². The first-order valence-electron chi connectivity index (χ1n) is 11.7. The number of hydrogen-bond donors (Lipinski definition) is 0. The lowest BCUT2D eigenvalue weighted by molar-refractivity contribution is -0.185. The van der Waals surface area contributed by atoms with Crippen LogP contribution in [0.25, 0.3) is 0 Å². The van der Waals surface area contributed by atoms with Gasteiger partial charge in [0.25, 0.3) is 0 Å². The third kappa shape index (κ3) is 2.10. The summed E-state index contributed by atoms with van der Waals surface area (Å²) in [4.78, 5) is 50.0. The summed E-state index contributed by atoms with van der Waals surface area (Å²) in [5.41, 5.74) is -1.78. The monoisotopic (exact) mass is 430 g/mol. The summed E-state index contributed by atoms with van der Waals surface area (Å²) < 4.78 is 17.8. The molecule has 31 heavy (non-hydrogen) atoms. The highest BCUT2D eigenvalue weighted by atomic mass is 16.6. The van der Waals surface area contributed by atoms with E-state index in [9.17, 15) is 19.2 Å². The lowest BCUT2D eigenvalue weighted by atomic mass is 9.41. The number of carbonyl (C=O) groups is 4. The zero-order valence-electron chi connectivity index (χ0n) is 18.4. The van der Waals surface area contributed by atoms with Gasteiger partial charge in [0.1, 0.15) is 11.2 Å². The highest BCUT2D eigenvalue weighted by Crippen LogP contribution is 2.78. The van der Waals surface area contributed by atoms with E-state index in [0.29, 0.717) is 12.8 Å². The van der Waals surface area contributed by atoms with E-state index in [1.165, 1.54) is 7.11 Å². The summed E-state index contributed by atoms with van der Waals surface area (Å²) in [5.74, 6) is -1.39. The quantitative estimate of drug-likeness (QED) is 0.358. The molecular formula is C24H30O7. The second-order valence-corrected chi connectivity index (χ2v) is 11.4. The Labute approximate surface area is 181 Å². The normalized spacial score (nSPS) is 54.5. The smallest absolute Gasteiger partial charge is 0.309 e. The molecule has 0 radical (unpaired) electrons. The van der Waals surface area contributed by atoms with Crippen molar-refractivity contribution < 1.29 is 33.4 Å². The van der Waals surface area contributed by atoms with Crippen LogP contribution in [-0.2, 0) is 33.4 Å². The molecule has 6 aliphatic rings. The molecule has 3 unspecified atom stereocenters. The summed E-state index contributed by atoms with van der Waals surface area (Å²) in [6, 6.07) is 0. The number of fused-ring (bicyclic) bond motifs is 4. The third-order valence-corrected chi connectivity index (χ3v) is 10.6. The van der Waals surface area contributed by atoms with Gasteiger partial charge in [0.2, 0.25) is 0 Å². The van der Waals surface area contributed by atoms with E-state index >= 15 is 0 Å². The van der Waals surface area contributed by atoms with Crippen molar-refractivity contribution in [2.24, 2.45) is 34.5 Å².